The van der Waals surface area contributed by atoms with Crippen LogP contribution in [-0.2, 0) is 6.42 Å². The van der Waals surface area contributed by atoms with Crippen molar-refractivity contribution in [3.63, 3.8) is 0 Å². The van der Waals surface area contributed by atoms with E-state index in [4.69, 9.17) is 0 Å². The zero-order chi connectivity index (χ0) is 22.4. The standard InChI is InChI=1S/C25H18N6O2/c32-22-7-3-1-5-16(22)14-9-11-20-24(28-30-26-20)18(14)13-19-15(17-6-2-4-8-23(17)33)10-12-21-25(19)29-31-27-21/h1-12,32-33H,13H2,(H,26,28,30)(H,27,29,31). The lowest BCUT2D eigenvalue weighted by atomic mass is 9.89. The van der Waals surface area contributed by atoms with Crippen molar-refractivity contribution in [2.24, 2.45) is 0 Å². The van der Waals surface area contributed by atoms with E-state index < -0.39 is 0 Å². The first-order chi connectivity index (χ1) is 16.2. The predicted molar refractivity (Wildman–Crippen MR) is 125 cm³/mol. The fourth-order valence-electron chi connectivity index (χ4n) is 4.38. The van der Waals surface area contributed by atoms with E-state index in [2.05, 4.69) is 30.8 Å². The Hall–Kier alpha value is -4.72. The van der Waals surface area contributed by atoms with Crippen molar-refractivity contribution in [3.8, 4) is 33.8 Å². The van der Waals surface area contributed by atoms with Crippen molar-refractivity contribution in [3.05, 3.63) is 83.9 Å². The van der Waals surface area contributed by atoms with Crippen LogP contribution in [0.25, 0.3) is 44.3 Å². The Labute approximate surface area is 187 Å². The zero-order valence-electron chi connectivity index (χ0n) is 17.3. The van der Waals surface area contributed by atoms with Crippen molar-refractivity contribution in [1.82, 2.24) is 30.8 Å². The number of para-hydroxylation sites is 2. The van der Waals surface area contributed by atoms with E-state index in [9.17, 15) is 10.2 Å². The Morgan fingerprint density at radius 3 is 1.45 bits per heavy atom. The van der Waals surface area contributed by atoms with Gasteiger partial charge in [-0.15, -0.1) is 10.2 Å². The van der Waals surface area contributed by atoms with Gasteiger partial charge in [0.25, 0.3) is 0 Å². The number of aromatic hydroxyl groups is 2. The SMILES string of the molecule is Oc1ccccc1-c1ccc2[nH]nnc2c1Cc1c(-c2ccccc2O)ccc2[nH]nnc12. The smallest absolute Gasteiger partial charge is 0.123 e. The Kier molecular flexibility index (Phi) is 4.29. The summed E-state index contributed by atoms with van der Waals surface area (Å²) in [6.45, 7) is 0. The van der Waals surface area contributed by atoms with Crippen molar-refractivity contribution >= 4 is 22.1 Å². The third-order valence-corrected chi connectivity index (χ3v) is 5.95. The van der Waals surface area contributed by atoms with Crippen molar-refractivity contribution in [1.29, 1.82) is 0 Å². The summed E-state index contributed by atoms with van der Waals surface area (Å²) in [6.07, 6.45) is 0.432. The van der Waals surface area contributed by atoms with Gasteiger partial charge in [0.1, 0.15) is 22.5 Å². The number of phenols is 2. The Morgan fingerprint density at radius 1 is 0.545 bits per heavy atom. The highest BCUT2D eigenvalue weighted by Gasteiger charge is 2.20. The largest absolute Gasteiger partial charge is 0.507 e. The third kappa shape index (κ3) is 3.08. The Balaban J connectivity index is 1.64. The van der Waals surface area contributed by atoms with Crippen molar-refractivity contribution in [2.75, 3.05) is 0 Å². The highest BCUT2D eigenvalue weighted by molar-refractivity contribution is 5.92. The van der Waals surface area contributed by atoms with Crippen LogP contribution in [0.2, 0.25) is 0 Å². The molecule has 0 aliphatic heterocycles. The summed E-state index contributed by atoms with van der Waals surface area (Å²) in [7, 11) is 0. The van der Waals surface area contributed by atoms with Crippen LogP contribution in [0.1, 0.15) is 11.1 Å². The minimum atomic E-state index is 0.183. The molecule has 2 heterocycles. The number of benzene rings is 4. The lowest BCUT2D eigenvalue weighted by Gasteiger charge is -2.15. The molecule has 8 heteroatoms. The number of rotatable bonds is 4. The second-order valence-electron chi connectivity index (χ2n) is 7.81. The number of aromatic nitrogens is 6. The topological polar surface area (TPSA) is 124 Å². The van der Waals surface area contributed by atoms with Crippen LogP contribution in [0, 0.1) is 0 Å². The molecule has 6 aromatic rings. The molecule has 4 N–H and O–H groups in total. The quantitative estimate of drug-likeness (QED) is 0.322. The number of aromatic amines is 2. The summed E-state index contributed by atoms with van der Waals surface area (Å²) in [5.41, 5.74) is 7.86. The molecule has 0 aliphatic carbocycles. The molecule has 0 saturated heterocycles. The van der Waals surface area contributed by atoms with E-state index >= 15 is 0 Å². The van der Waals surface area contributed by atoms with E-state index in [1.54, 1.807) is 24.3 Å². The average Bonchev–Trinajstić information content (AvgIpc) is 3.50. The van der Waals surface area contributed by atoms with Crippen LogP contribution in [0.4, 0.5) is 0 Å². The van der Waals surface area contributed by atoms with E-state index in [0.29, 0.717) is 28.6 Å². The van der Waals surface area contributed by atoms with Gasteiger partial charge in [0.05, 0.1) is 11.0 Å². The van der Waals surface area contributed by atoms with E-state index in [-0.39, 0.29) is 11.5 Å². The molecule has 0 radical (unpaired) electrons. The first-order valence-corrected chi connectivity index (χ1v) is 10.4. The van der Waals surface area contributed by atoms with Crippen molar-refractivity contribution < 1.29 is 10.2 Å². The van der Waals surface area contributed by atoms with Gasteiger partial charge in [-0.2, -0.15) is 0 Å². The van der Waals surface area contributed by atoms with Gasteiger partial charge in [-0.3, -0.25) is 10.2 Å². The minimum Gasteiger partial charge on any atom is -0.507 e. The highest BCUT2D eigenvalue weighted by Crippen LogP contribution is 2.39. The molecule has 0 aliphatic rings. The maximum absolute atomic E-state index is 10.6. The summed E-state index contributed by atoms with van der Waals surface area (Å²) in [5, 5.41) is 43.7. The molecule has 0 bridgehead atoms. The first-order valence-electron chi connectivity index (χ1n) is 10.4. The fraction of sp³-hybridized carbons (Fsp3) is 0.0400. The average molecular weight is 434 g/mol. The lowest BCUT2D eigenvalue weighted by Crippen LogP contribution is -1.99. The van der Waals surface area contributed by atoms with Crippen LogP contribution in [0.5, 0.6) is 11.5 Å². The van der Waals surface area contributed by atoms with Gasteiger partial charge in [0, 0.05) is 17.5 Å². The van der Waals surface area contributed by atoms with Gasteiger partial charge in [-0.1, -0.05) is 59.0 Å². The molecule has 33 heavy (non-hydrogen) atoms. The Bertz CT molecular complexity index is 1510. The minimum absolute atomic E-state index is 0.183. The molecule has 0 atom stereocenters. The predicted octanol–water partition coefficient (Wildman–Crippen LogP) is 4.57. The molecule has 8 nitrogen and oxygen atoms in total. The number of nitrogens with zero attached hydrogens (tertiary/aromatic N) is 4. The number of nitrogens with one attached hydrogen (secondary N) is 2. The van der Waals surface area contributed by atoms with Crippen molar-refractivity contribution in [2.45, 2.75) is 6.42 Å². The Morgan fingerprint density at radius 2 is 1.00 bits per heavy atom. The second-order valence-corrected chi connectivity index (χ2v) is 7.81. The van der Waals surface area contributed by atoms with E-state index in [0.717, 1.165) is 33.3 Å². The molecular formula is C25H18N6O2. The molecule has 0 spiro atoms. The van der Waals surface area contributed by atoms with Gasteiger partial charge in [0.15, 0.2) is 0 Å². The molecule has 0 fully saturated rings. The van der Waals surface area contributed by atoms with Gasteiger partial charge in [-0.05, 0) is 46.5 Å². The molecule has 6 rings (SSSR count). The van der Waals surface area contributed by atoms with Crippen LogP contribution in [0.3, 0.4) is 0 Å². The van der Waals surface area contributed by atoms with Gasteiger partial charge in [0.2, 0.25) is 0 Å². The zero-order valence-corrected chi connectivity index (χ0v) is 17.3. The van der Waals surface area contributed by atoms with Crippen LogP contribution < -0.4 is 0 Å². The number of H-pyrrole nitrogens is 2. The molecule has 0 unspecified atom stereocenters. The number of hydrogen-bond acceptors (Lipinski definition) is 6. The van der Waals surface area contributed by atoms with E-state index in [1.807, 2.05) is 48.5 Å². The molecule has 160 valence electrons. The van der Waals surface area contributed by atoms with Crippen LogP contribution >= 0.6 is 0 Å². The summed E-state index contributed by atoms with van der Waals surface area (Å²) in [4.78, 5) is 0. The summed E-state index contributed by atoms with van der Waals surface area (Å²) in [5.74, 6) is 0.365. The summed E-state index contributed by atoms with van der Waals surface area (Å²) < 4.78 is 0. The van der Waals surface area contributed by atoms with E-state index in [1.165, 1.54) is 0 Å². The van der Waals surface area contributed by atoms with Gasteiger partial charge < -0.3 is 10.2 Å². The second kappa shape index (κ2) is 7.45. The molecule has 0 amide bonds. The maximum atomic E-state index is 10.6. The highest BCUT2D eigenvalue weighted by atomic mass is 16.3. The summed E-state index contributed by atoms with van der Waals surface area (Å²) in [6, 6.07) is 22.2. The van der Waals surface area contributed by atoms with Gasteiger partial charge >= 0.3 is 0 Å². The molecule has 0 saturated carbocycles. The third-order valence-electron chi connectivity index (χ3n) is 5.95. The first kappa shape index (κ1) is 19.0. The van der Waals surface area contributed by atoms with Gasteiger partial charge in [-0.25, -0.2) is 0 Å². The molecular weight excluding hydrogens is 416 g/mol. The maximum Gasteiger partial charge on any atom is 0.123 e. The van der Waals surface area contributed by atoms with Crippen LogP contribution in [0.15, 0.2) is 72.8 Å². The number of hydrogen-bond donors (Lipinski definition) is 4. The number of fused-ring (bicyclic) bond motifs is 2. The summed E-state index contributed by atoms with van der Waals surface area (Å²) >= 11 is 0. The number of phenolic OH excluding ortho intramolecular Hbond substituents is 2. The lowest BCUT2D eigenvalue weighted by molar-refractivity contribution is 0.477. The normalized spacial score (nSPS) is 11.4. The molecule has 4 aromatic carbocycles. The van der Waals surface area contributed by atoms with Crippen LogP contribution in [-0.4, -0.2) is 41.0 Å². The fourth-order valence-corrected chi connectivity index (χ4v) is 4.38. The molecule has 2 aromatic heterocycles. The monoisotopic (exact) mass is 434 g/mol.